The zero-order valence-electron chi connectivity index (χ0n) is 18.7. The summed E-state index contributed by atoms with van der Waals surface area (Å²) >= 11 is 0. The van der Waals surface area contributed by atoms with Gasteiger partial charge in [-0.3, -0.25) is 4.79 Å². The molecule has 162 valence electrons. The highest BCUT2D eigenvalue weighted by Crippen LogP contribution is 2.30. The molecule has 32 heavy (non-hydrogen) atoms. The number of nitrogens with zero attached hydrogens (tertiary/aromatic N) is 1. The van der Waals surface area contributed by atoms with Crippen molar-refractivity contribution in [1.82, 2.24) is 9.88 Å². The van der Waals surface area contributed by atoms with Crippen LogP contribution in [0.1, 0.15) is 53.1 Å². The van der Waals surface area contributed by atoms with Gasteiger partial charge in [0.1, 0.15) is 0 Å². The topological polar surface area (TPSA) is 34.0 Å². The number of aromatic nitrogens is 1. The van der Waals surface area contributed by atoms with Gasteiger partial charge < -0.3 is 9.88 Å². The second kappa shape index (κ2) is 9.04. The van der Waals surface area contributed by atoms with Gasteiger partial charge in [0.25, 0.3) is 0 Å². The van der Waals surface area contributed by atoms with Crippen molar-refractivity contribution in [3.8, 4) is 0 Å². The Morgan fingerprint density at radius 3 is 2.66 bits per heavy atom. The van der Waals surface area contributed by atoms with Gasteiger partial charge in [0.2, 0.25) is 5.91 Å². The van der Waals surface area contributed by atoms with E-state index in [0.29, 0.717) is 6.42 Å². The molecule has 0 bridgehead atoms. The van der Waals surface area contributed by atoms with E-state index in [4.69, 9.17) is 0 Å². The van der Waals surface area contributed by atoms with E-state index in [1.165, 1.54) is 38.7 Å². The number of hydrogen-bond acceptors (Lipinski definition) is 1. The normalized spacial score (nSPS) is 15.5. The lowest BCUT2D eigenvalue weighted by Crippen LogP contribution is -2.31. The van der Waals surface area contributed by atoms with Gasteiger partial charge in [-0.05, 0) is 60.9 Å². The van der Waals surface area contributed by atoms with Gasteiger partial charge in [-0.25, -0.2) is 0 Å². The highest BCUT2D eigenvalue weighted by atomic mass is 16.1. The number of nitrogens with one attached hydrogen (secondary N) is 1. The molecule has 3 heteroatoms. The molecule has 0 radical (unpaired) electrons. The van der Waals surface area contributed by atoms with Crippen LogP contribution >= 0.6 is 0 Å². The first-order valence-corrected chi connectivity index (χ1v) is 11.7. The molecule has 3 nitrogen and oxygen atoms in total. The van der Waals surface area contributed by atoms with Crippen LogP contribution in [0.3, 0.4) is 0 Å². The van der Waals surface area contributed by atoms with Crippen molar-refractivity contribution < 1.29 is 4.79 Å². The fourth-order valence-corrected chi connectivity index (χ4v) is 4.96. The summed E-state index contributed by atoms with van der Waals surface area (Å²) in [4.78, 5) is 12.8. The van der Waals surface area contributed by atoms with Crippen LogP contribution < -0.4 is 5.32 Å². The average Bonchev–Trinajstić information content (AvgIpc) is 3.17. The maximum atomic E-state index is 12.8. The smallest absolute Gasteiger partial charge is 0.220 e. The van der Waals surface area contributed by atoms with E-state index in [2.05, 4.69) is 95.8 Å². The third kappa shape index (κ3) is 4.34. The second-order valence-electron chi connectivity index (χ2n) is 9.00. The SMILES string of the molecule is Cc1ccc(Cn2cc(CCC(=O)N[C@H]3CCCc4ccccc43)c3ccccc32)cc1. The van der Waals surface area contributed by atoms with E-state index in [1.54, 1.807) is 0 Å². The predicted octanol–water partition coefficient (Wildman–Crippen LogP) is 6.12. The van der Waals surface area contributed by atoms with E-state index in [-0.39, 0.29) is 11.9 Å². The van der Waals surface area contributed by atoms with Gasteiger partial charge in [0.15, 0.2) is 0 Å². The molecule has 1 aromatic heterocycles. The first-order valence-electron chi connectivity index (χ1n) is 11.7. The largest absolute Gasteiger partial charge is 0.349 e. The predicted molar refractivity (Wildman–Crippen MR) is 131 cm³/mol. The minimum absolute atomic E-state index is 0.141. The van der Waals surface area contributed by atoms with Crippen molar-refractivity contribution in [2.45, 2.75) is 51.6 Å². The molecular weight excluding hydrogens is 392 g/mol. The summed E-state index contributed by atoms with van der Waals surface area (Å²) in [6.07, 6.45) is 6.77. The van der Waals surface area contributed by atoms with Crippen molar-refractivity contribution >= 4 is 16.8 Å². The molecule has 0 saturated carbocycles. The van der Waals surface area contributed by atoms with E-state index >= 15 is 0 Å². The first-order chi connectivity index (χ1) is 15.7. The number of para-hydroxylation sites is 1. The third-order valence-corrected chi connectivity index (χ3v) is 6.67. The van der Waals surface area contributed by atoms with Gasteiger partial charge in [0, 0.05) is 30.1 Å². The summed E-state index contributed by atoms with van der Waals surface area (Å²) < 4.78 is 2.31. The van der Waals surface area contributed by atoms with E-state index in [9.17, 15) is 4.79 Å². The van der Waals surface area contributed by atoms with Crippen molar-refractivity contribution in [2.75, 3.05) is 0 Å². The minimum atomic E-state index is 0.141. The molecule has 1 amide bonds. The number of aryl methyl sites for hydroxylation is 3. The lowest BCUT2D eigenvalue weighted by Gasteiger charge is -2.26. The lowest BCUT2D eigenvalue weighted by atomic mass is 9.87. The van der Waals surface area contributed by atoms with Gasteiger partial charge in [-0.2, -0.15) is 0 Å². The Morgan fingerprint density at radius 2 is 1.78 bits per heavy atom. The van der Waals surface area contributed by atoms with Gasteiger partial charge >= 0.3 is 0 Å². The van der Waals surface area contributed by atoms with Crippen LogP contribution in [0.2, 0.25) is 0 Å². The number of rotatable bonds is 6. The molecule has 5 rings (SSSR count). The number of amides is 1. The fraction of sp³-hybridized carbons (Fsp3) is 0.276. The fourth-order valence-electron chi connectivity index (χ4n) is 4.96. The molecule has 0 fully saturated rings. The quantitative estimate of drug-likeness (QED) is 0.399. The van der Waals surface area contributed by atoms with Crippen molar-refractivity contribution in [3.05, 3.63) is 107 Å². The summed E-state index contributed by atoms with van der Waals surface area (Å²) in [5.41, 5.74) is 7.71. The molecule has 0 spiro atoms. The summed E-state index contributed by atoms with van der Waals surface area (Å²) in [5, 5.41) is 4.55. The molecular formula is C29H30N2O. The van der Waals surface area contributed by atoms with E-state index < -0.39 is 0 Å². The molecule has 0 aliphatic heterocycles. The van der Waals surface area contributed by atoms with Crippen LogP contribution in [0.15, 0.2) is 79.0 Å². The van der Waals surface area contributed by atoms with E-state index in [0.717, 1.165) is 32.2 Å². The van der Waals surface area contributed by atoms with Crippen LogP contribution in [0, 0.1) is 6.92 Å². The molecule has 1 aliphatic rings. The standard InChI is InChI=1S/C29H30N2O/c1-21-13-15-22(16-14-21)19-31-20-24(26-10-4-5-12-28(26)31)17-18-29(32)30-27-11-6-8-23-7-2-3-9-25(23)27/h2-5,7,9-10,12-16,20,27H,6,8,11,17-19H2,1H3,(H,30,32)/t27-/m0/s1. The first kappa shape index (κ1) is 20.6. The highest BCUT2D eigenvalue weighted by molar-refractivity contribution is 5.85. The van der Waals surface area contributed by atoms with Crippen LogP contribution in [0.4, 0.5) is 0 Å². The monoisotopic (exact) mass is 422 g/mol. The summed E-state index contributed by atoms with van der Waals surface area (Å²) in [5.74, 6) is 0.141. The Kier molecular flexibility index (Phi) is 5.81. The second-order valence-corrected chi connectivity index (χ2v) is 9.00. The van der Waals surface area contributed by atoms with Crippen LogP contribution in [-0.4, -0.2) is 10.5 Å². The molecule has 4 aromatic rings. The highest BCUT2D eigenvalue weighted by Gasteiger charge is 2.21. The molecule has 1 N–H and O–H groups in total. The number of hydrogen-bond donors (Lipinski definition) is 1. The Morgan fingerprint density at radius 1 is 1.00 bits per heavy atom. The maximum absolute atomic E-state index is 12.8. The Labute approximate surface area is 190 Å². The number of benzene rings is 3. The van der Waals surface area contributed by atoms with Gasteiger partial charge in [-0.1, -0.05) is 72.3 Å². The average molecular weight is 423 g/mol. The summed E-state index contributed by atoms with van der Waals surface area (Å²) in [6.45, 7) is 2.95. The summed E-state index contributed by atoms with van der Waals surface area (Å²) in [7, 11) is 0. The summed E-state index contributed by atoms with van der Waals surface area (Å²) in [6, 6.07) is 25.9. The number of carbonyl (C=O) groups excluding carboxylic acids is 1. The molecule has 1 atom stereocenters. The van der Waals surface area contributed by atoms with Crippen LogP contribution in [0.5, 0.6) is 0 Å². The zero-order valence-corrected chi connectivity index (χ0v) is 18.7. The maximum Gasteiger partial charge on any atom is 0.220 e. The Balaban J connectivity index is 1.29. The molecule has 1 aliphatic carbocycles. The van der Waals surface area contributed by atoms with Crippen LogP contribution in [0.25, 0.3) is 10.9 Å². The van der Waals surface area contributed by atoms with E-state index in [1.807, 2.05) is 0 Å². The Bertz CT molecular complexity index is 1240. The molecule has 1 heterocycles. The number of carbonyl (C=O) groups is 1. The number of fused-ring (bicyclic) bond motifs is 2. The van der Waals surface area contributed by atoms with Crippen molar-refractivity contribution in [1.29, 1.82) is 0 Å². The molecule has 3 aromatic carbocycles. The Hall–Kier alpha value is -3.33. The van der Waals surface area contributed by atoms with Crippen LogP contribution in [-0.2, 0) is 24.2 Å². The lowest BCUT2D eigenvalue weighted by molar-refractivity contribution is -0.121. The van der Waals surface area contributed by atoms with Gasteiger partial charge in [0.05, 0.1) is 6.04 Å². The molecule has 0 unspecified atom stereocenters. The molecule has 0 saturated heterocycles. The van der Waals surface area contributed by atoms with Crippen molar-refractivity contribution in [2.24, 2.45) is 0 Å². The van der Waals surface area contributed by atoms with Crippen molar-refractivity contribution in [3.63, 3.8) is 0 Å². The minimum Gasteiger partial charge on any atom is -0.349 e. The zero-order chi connectivity index (χ0) is 21.9. The third-order valence-electron chi connectivity index (χ3n) is 6.67. The van der Waals surface area contributed by atoms with Gasteiger partial charge in [-0.15, -0.1) is 0 Å².